The second-order valence-electron chi connectivity index (χ2n) is 7.54. The number of hydrogen-bond acceptors (Lipinski definition) is 3. The van der Waals surface area contributed by atoms with Crippen LogP contribution in [0.5, 0.6) is 0 Å². The summed E-state index contributed by atoms with van der Waals surface area (Å²) < 4.78 is 11.6. The third kappa shape index (κ3) is 4.75. The van der Waals surface area contributed by atoms with Gasteiger partial charge in [0, 0.05) is 12.1 Å². The first-order chi connectivity index (χ1) is 10.3. The monoisotopic (exact) mass is 307 g/mol. The van der Waals surface area contributed by atoms with E-state index in [1.807, 2.05) is 6.92 Å². The van der Waals surface area contributed by atoms with E-state index in [1.165, 1.54) is 5.57 Å². The Morgan fingerprint density at radius 3 is 2.77 bits per heavy atom. The molecule has 0 aliphatic carbocycles. The van der Waals surface area contributed by atoms with Crippen molar-refractivity contribution in [2.24, 2.45) is 16.3 Å². The van der Waals surface area contributed by atoms with Crippen molar-refractivity contribution in [3.8, 4) is 0 Å². The zero-order valence-corrected chi connectivity index (χ0v) is 14.3. The number of ether oxygens (including phenoxy) is 2. The molecule has 0 N–H and O–H groups in total. The van der Waals surface area contributed by atoms with Crippen LogP contribution in [-0.2, 0) is 14.3 Å². The Bertz CT molecular complexity index is 445. The highest BCUT2D eigenvalue weighted by Gasteiger charge is 2.29. The number of aliphatic imine (C=N–C) groups is 1. The van der Waals surface area contributed by atoms with Crippen molar-refractivity contribution in [3.05, 3.63) is 12.2 Å². The predicted molar refractivity (Wildman–Crippen MR) is 88.1 cm³/mol. The van der Waals surface area contributed by atoms with Gasteiger partial charge in [0.25, 0.3) is 0 Å². The molecule has 1 amide bonds. The lowest BCUT2D eigenvalue weighted by atomic mass is 9.85. The Kier molecular flexibility index (Phi) is 5.56. The molecule has 0 aromatic heterocycles. The number of amides is 1. The van der Waals surface area contributed by atoms with Crippen LogP contribution in [0, 0.1) is 11.3 Å². The topological polar surface area (TPSA) is 47.9 Å². The fraction of sp³-hybridized carbons (Fsp3) is 0.778. The van der Waals surface area contributed by atoms with E-state index in [0.717, 1.165) is 25.9 Å². The minimum atomic E-state index is -0.131. The molecule has 2 aliphatic heterocycles. The van der Waals surface area contributed by atoms with Gasteiger partial charge in [-0.2, -0.15) is 0 Å². The maximum Gasteiger partial charge on any atom is 0.248 e. The van der Waals surface area contributed by atoms with Gasteiger partial charge in [0.05, 0.1) is 31.3 Å². The molecule has 4 nitrogen and oxygen atoms in total. The van der Waals surface area contributed by atoms with Crippen LogP contribution in [0.3, 0.4) is 0 Å². The molecule has 4 heteroatoms. The molecule has 4 unspecified atom stereocenters. The Balaban J connectivity index is 1.78. The van der Waals surface area contributed by atoms with Crippen LogP contribution in [0.1, 0.15) is 53.4 Å². The number of carbonyl (C=O) groups excluding carboxylic acids is 1. The van der Waals surface area contributed by atoms with Gasteiger partial charge in [0.2, 0.25) is 5.91 Å². The highest BCUT2D eigenvalue weighted by molar-refractivity contribution is 5.86. The van der Waals surface area contributed by atoms with E-state index in [1.54, 1.807) is 6.21 Å². The molecular weight excluding hydrogens is 278 g/mol. The quantitative estimate of drug-likeness (QED) is 0.592. The SMILES string of the molecule is C=C1CC(CC(=O)N=CC2CCC(C)(C)CO2)OC(C)C1C. The van der Waals surface area contributed by atoms with Crippen LogP contribution in [0.25, 0.3) is 0 Å². The average Bonchev–Trinajstić information content (AvgIpc) is 2.43. The fourth-order valence-corrected chi connectivity index (χ4v) is 2.95. The van der Waals surface area contributed by atoms with Crippen molar-refractivity contribution < 1.29 is 14.3 Å². The summed E-state index contributed by atoms with van der Waals surface area (Å²) in [5, 5.41) is 0. The highest BCUT2D eigenvalue weighted by Crippen LogP contribution is 2.30. The maximum absolute atomic E-state index is 12.0. The first-order valence-corrected chi connectivity index (χ1v) is 8.28. The molecule has 22 heavy (non-hydrogen) atoms. The average molecular weight is 307 g/mol. The lowest BCUT2D eigenvalue weighted by Gasteiger charge is -2.34. The maximum atomic E-state index is 12.0. The van der Waals surface area contributed by atoms with Gasteiger partial charge in [-0.15, -0.1) is 0 Å². The number of carbonyl (C=O) groups is 1. The fourth-order valence-electron chi connectivity index (χ4n) is 2.95. The summed E-state index contributed by atoms with van der Waals surface area (Å²) in [6, 6.07) is 0. The number of rotatable bonds is 3. The molecule has 2 fully saturated rings. The summed E-state index contributed by atoms with van der Waals surface area (Å²) in [5.41, 5.74) is 1.40. The van der Waals surface area contributed by atoms with Crippen LogP contribution in [0.2, 0.25) is 0 Å². The Hall–Kier alpha value is -1.00. The first kappa shape index (κ1) is 17.4. The second-order valence-corrected chi connectivity index (χ2v) is 7.54. The van der Waals surface area contributed by atoms with E-state index < -0.39 is 0 Å². The highest BCUT2D eigenvalue weighted by atomic mass is 16.5. The van der Waals surface area contributed by atoms with Crippen molar-refractivity contribution in [1.29, 1.82) is 0 Å². The van der Waals surface area contributed by atoms with Gasteiger partial charge in [0.15, 0.2) is 0 Å². The Morgan fingerprint density at radius 1 is 1.45 bits per heavy atom. The van der Waals surface area contributed by atoms with E-state index in [2.05, 4.69) is 32.3 Å². The van der Waals surface area contributed by atoms with Crippen molar-refractivity contribution in [2.45, 2.75) is 71.7 Å². The molecule has 2 heterocycles. The van der Waals surface area contributed by atoms with E-state index >= 15 is 0 Å². The molecule has 0 radical (unpaired) electrons. The molecule has 2 aliphatic rings. The van der Waals surface area contributed by atoms with E-state index in [-0.39, 0.29) is 29.6 Å². The summed E-state index contributed by atoms with van der Waals surface area (Å²) in [7, 11) is 0. The molecule has 2 saturated heterocycles. The molecule has 0 bridgehead atoms. The summed E-state index contributed by atoms with van der Waals surface area (Å²) in [6.07, 6.45) is 4.76. The van der Waals surface area contributed by atoms with E-state index in [4.69, 9.17) is 9.47 Å². The van der Waals surface area contributed by atoms with Gasteiger partial charge >= 0.3 is 0 Å². The van der Waals surface area contributed by atoms with Crippen molar-refractivity contribution >= 4 is 12.1 Å². The third-order valence-electron chi connectivity index (χ3n) is 4.83. The van der Waals surface area contributed by atoms with Crippen molar-refractivity contribution in [3.63, 3.8) is 0 Å². The largest absolute Gasteiger partial charge is 0.374 e. The van der Waals surface area contributed by atoms with Crippen LogP contribution >= 0.6 is 0 Å². The standard InChI is InChI=1S/C18H29NO3/c1-12-8-16(22-14(3)13(12)2)9-17(20)19-10-15-6-7-18(4,5)11-21-15/h10,13-16H,1,6-9,11H2,2-5H3. The van der Waals surface area contributed by atoms with E-state index in [0.29, 0.717) is 12.3 Å². The molecule has 124 valence electrons. The number of nitrogens with zero attached hydrogens (tertiary/aromatic N) is 1. The summed E-state index contributed by atoms with van der Waals surface area (Å²) in [5.74, 6) is 0.224. The van der Waals surface area contributed by atoms with Gasteiger partial charge in [-0.25, -0.2) is 4.99 Å². The molecule has 0 saturated carbocycles. The molecule has 0 aromatic rings. The molecule has 0 aromatic carbocycles. The molecular formula is C18H29NO3. The Labute approximate surface area is 134 Å². The minimum Gasteiger partial charge on any atom is -0.374 e. The van der Waals surface area contributed by atoms with Gasteiger partial charge in [-0.3, -0.25) is 4.79 Å². The minimum absolute atomic E-state index is 0.0295. The normalized spacial score (nSPS) is 35.7. The van der Waals surface area contributed by atoms with Crippen molar-refractivity contribution in [1.82, 2.24) is 0 Å². The van der Waals surface area contributed by atoms with Crippen LogP contribution in [0.15, 0.2) is 17.1 Å². The lowest BCUT2D eigenvalue weighted by molar-refractivity contribution is -0.123. The molecule has 0 spiro atoms. The summed E-state index contributed by atoms with van der Waals surface area (Å²) in [6.45, 7) is 13.3. The lowest BCUT2D eigenvalue weighted by Crippen LogP contribution is -2.34. The van der Waals surface area contributed by atoms with Crippen LogP contribution in [0.4, 0.5) is 0 Å². The van der Waals surface area contributed by atoms with Gasteiger partial charge in [-0.1, -0.05) is 32.9 Å². The smallest absolute Gasteiger partial charge is 0.248 e. The first-order valence-electron chi connectivity index (χ1n) is 8.28. The zero-order valence-electron chi connectivity index (χ0n) is 14.3. The van der Waals surface area contributed by atoms with Crippen LogP contribution < -0.4 is 0 Å². The summed E-state index contributed by atoms with van der Waals surface area (Å²) >= 11 is 0. The number of hydrogen-bond donors (Lipinski definition) is 0. The third-order valence-corrected chi connectivity index (χ3v) is 4.83. The zero-order chi connectivity index (χ0) is 16.3. The predicted octanol–water partition coefficient (Wildman–Crippen LogP) is 3.55. The van der Waals surface area contributed by atoms with E-state index in [9.17, 15) is 4.79 Å². The van der Waals surface area contributed by atoms with Crippen molar-refractivity contribution in [2.75, 3.05) is 6.61 Å². The Morgan fingerprint density at radius 2 is 2.18 bits per heavy atom. The van der Waals surface area contributed by atoms with Gasteiger partial charge in [0.1, 0.15) is 0 Å². The van der Waals surface area contributed by atoms with Crippen LogP contribution in [-0.4, -0.2) is 37.0 Å². The molecule has 2 rings (SSSR count). The van der Waals surface area contributed by atoms with Gasteiger partial charge in [-0.05, 0) is 31.6 Å². The second kappa shape index (κ2) is 7.05. The molecule has 4 atom stereocenters. The van der Waals surface area contributed by atoms with Gasteiger partial charge < -0.3 is 9.47 Å². The summed E-state index contributed by atoms with van der Waals surface area (Å²) in [4.78, 5) is 16.1.